The molecule has 2 heterocycles. The first-order valence-electron chi connectivity index (χ1n) is 7.48. The van der Waals surface area contributed by atoms with Crippen LogP contribution < -0.4 is 5.56 Å². The van der Waals surface area contributed by atoms with Crippen molar-refractivity contribution in [2.24, 2.45) is 0 Å². The zero-order valence-electron chi connectivity index (χ0n) is 12.0. The molecule has 3 rings (SSSR count). The Balaban J connectivity index is 1.88. The van der Waals surface area contributed by atoms with E-state index in [1.807, 2.05) is 29.2 Å². The summed E-state index contributed by atoms with van der Waals surface area (Å²) < 4.78 is 1.52. The molecule has 1 aromatic carbocycles. The molecule has 2 aromatic rings. The molecule has 1 amide bonds. The number of benzene rings is 1. The zero-order valence-corrected chi connectivity index (χ0v) is 12.0. The minimum absolute atomic E-state index is 0.0235. The Bertz CT molecular complexity index is 700. The van der Waals surface area contributed by atoms with Crippen LogP contribution in [0.5, 0.6) is 0 Å². The second-order valence-electron chi connectivity index (χ2n) is 5.47. The van der Waals surface area contributed by atoms with Crippen LogP contribution in [-0.4, -0.2) is 33.4 Å². The molecular weight excluding hydrogens is 266 g/mol. The van der Waals surface area contributed by atoms with Gasteiger partial charge in [0.05, 0.1) is 17.2 Å². The molecule has 1 aliphatic heterocycles. The lowest BCUT2D eigenvalue weighted by molar-refractivity contribution is -0.131. The van der Waals surface area contributed by atoms with E-state index in [1.165, 1.54) is 23.6 Å². The molecule has 0 saturated carbocycles. The molecule has 0 atom stereocenters. The second-order valence-corrected chi connectivity index (χ2v) is 5.47. The lowest BCUT2D eigenvalue weighted by atomic mass is 10.2. The Morgan fingerprint density at radius 1 is 1.10 bits per heavy atom. The molecule has 110 valence electrons. The van der Waals surface area contributed by atoms with Gasteiger partial charge in [-0.05, 0) is 25.0 Å². The summed E-state index contributed by atoms with van der Waals surface area (Å²) in [6.45, 7) is 1.70. The number of amides is 1. The standard InChI is InChI=1S/C16H19N3O2/c20-15-11-17-13-7-3-4-8-14(13)19(15)12-16(21)18-9-5-1-2-6-10-18/h3-4,7-8,11H,1-2,5-6,9-10,12H2. The largest absolute Gasteiger partial charge is 0.341 e. The first kappa shape index (κ1) is 13.8. The van der Waals surface area contributed by atoms with E-state index in [2.05, 4.69) is 4.98 Å². The number of aromatic nitrogens is 2. The lowest BCUT2D eigenvalue weighted by Crippen LogP contribution is -2.37. The van der Waals surface area contributed by atoms with E-state index < -0.39 is 0 Å². The van der Waals surface area contributed by atoms with Gasteiger partial charge in [-0.3, -0.25) is 14.2 Å². The average molecular weight is 285 g/mol. The maximum atomic E-state index is 12.5. The lowest BCUT2D eigenvalue weighted by Gasteiger charge is -2.21. The fourth-order valence-corrected chi connectivity index (χ4v) is 2.83. The number of carbonyl (C=O) groups excluding carboxylic acids is 1. The summed E-state index contributed by atoms with van der Waals surface area (Å²) in [5.74, 6) is 0.0235. The summed E-state index contributed by atoms with van der Waals surface area (Å²) >= 11 is 0. The van der Waals surface area contributed by atoms with Crippen LogP contribution in [0.3, 0.4) is 0 Å². The quantitative estimate of drug-likeness (QED) is 0.845. The molecule has 5 nitrogen and oxygen atoms in total. The summed E-state index contributed by atoms with van der Waals surface area (Å²) in [6, 6.07) is 7.41. The van der Waals surface area contributed by atoms with E-state index >= 15 is 0 Å². The van der Waals surface area contributed by atoms with Crippen molar-refractivity contribution in [3.8, 4) is 0 Å². The highest BCUT2D eigenvalue weighted by molar-refractivity contribution is 5.80. The van der Waals surface area contributed by atoms with Crippen molar-refractivity contribution in [3.05, 3.63) is 40.8 Å². The van der Waals surface area contributed by atoms with Crippen molar-refractivity contribution in [2.45, 2.75) is 32.2 Å². The topological polar surface area (TPSA) is 55.2 Å². The summed E-state index contributed by atoms with van der Waals surface area (Å²) in [5.41, 5.74) is 1.23. The van der Waals surface area contributed by atoms with Crippen LogP contribution in [0.4, 0.5) is 0 Å². The number of hydrogen-bond acceptors (Lipinski definition) is 3. The van der Waals surface area contributed by atoms with Gasteiger partial charge in [-0.15, -0.1) is 0 Å². The molecule has 0 unspecified atom stereocenters. The van der Waals surface area contributed by atoms with Gasteiger partial charge >= 0.3 is 0 Å². The molecule has 1 saturated heterocycles. The number of fused-ring (bicyclic) bond motifs is 1. The highest BCUT2D eigenvalue weighted by Gasteiger charge is 2.17. The minimum Gasteiger partial charge on any atom is -0.341 e. The fourth-order valence-electron chi connectivity index (χ4n) is 2.83. The van der Waals surface area contributed by atoms with E-state index in [1.54, 1.807) is 0 Å². The first-order chi connectivity index (χ1) is 10.3. The smallest absolute Gasteiger partial charge is 0.269 e. The van der Waals surface area contributed by atoms with Gasteiger partial charge in [0.1, 0.15) is 6.54 Å². The predicted octanol–water partition coefficient (Wildman–Crippen LogP) is 1.80. The van der Waals surface area contributed by atoms with Crippen molar-refractivity contribution in [2.75, 3.05) is 13.1 Å². The normalized spacial score (nSPS) is 15.9. The second kappa shape index (κ2) is 6.08. The predicted molar refractivity (Wildman–Crippen MR) is 81.1 cm³/mol. The van der Waals surface area contributed by atoms with Crippen molar-refractivity contribution in [1.82, 2.24) is 14.5 Å². The number of hydrogen-bond donors (Lipinski definition) is 0. The van der Waals surface area contributed by atoms with Crippen LogP contribution in [0.15, 0.2) is 35.3 Å². The van der Waals surface area contributed by atoms with Crippen molar-refractivity contribution in [1.29, 1.82) is 0 Å². The summed E-state index contributed by atoms with van der Waals surface area (Å²) in [5, 5.41) is 0. The van der Waals surface area contributed by atoms with Gasteiger partial charge in [-0.25, -0.2) is 4.98 Å². The summed E-state index contributed by atoms with van der Waals surface area (Å²) in [7, 11) is 0. The number of nitrogens with zero attached hydrogens (tertiary/aromatic N) is 3. The van der Waals surface area contributed by atoms with E-state index in [4.69, 9.17) is 0 Å². The Morgan fingerprint density at radius 2 is 1.81 bits per heavy atom. The summed E-state index contributed by atoms with van der Waals surface area (Å²) in [6.07, 6.45) is 5.76. The van der Waals surface area contributed by atoms with Gasteiger partial charge in [0.15, 0.2) is 0 Å². The molecule has 1 fully saturated rings. The van der Waals surface area contributed by atoms with Crippen LogP contribution in [0.1, 0.15) is 25.7 Å². The Kier molecular flexibility index (Phi) is 3.99. The van der Waals surface area contributed by atoms with E-state index in [0.29, 0.717) is 5.52 Å². The van der Waals surface area contributed by atoms with Gasteiger partial charge in [0, 0.05) is 13.1 Å². The zero-order chi connectivity index (χ0) is 14.7. The molecule has 0 N–H and O–H groups in total. The molecule has 1 aliphatic rings. The highest BCUT2D eigenvalue weighted by atomic mass is 16.2. The van der Waals surface area contributed by atoms with Crippen LogP contribution in [0, 0.1) is 0 Å². The monoisotopic (exact) mass is 285 g/mol. The Labute approximate surface area is 123 Å². The van der Waals surface area contributed by atoms with Gasteiger partial charge in [0.25, 0.3) is 5.56 Å². The first-order valence-corrected chi connectivity index (χ1v) is 7.48. The maximum Gasteiger partial charge on any atom is 0.269 e. The van der Waals surface area contributed by atoms with Gasteiger partial charge in [-0.1, -0.05) is 25.0 Å². The molecular formula is C16H19N3O2. The maximum absolute atomic E-state index is 12.5. The van der Waals surface area contributed by atoms with Gasteiger partial charge in [0.2, 0.25) is 5.91 Å². The van der Waals surface area contributed by atoms with E-state index in [9.17, 15) is 9.59 Å². The molecule has 0 spiro atoms. The van der Waals surface area contributed by atoms with Crippen LogP contribution in [-0.2, 0) is 11.3 Å². The van der Waals surface area contributed by atoms with Crippen molar-refractivity contribution < 1.29 is 4.79 Å². The Morgan fingerprint density at radius 3 is 2.57 bits per heavy atom. The third-order valence-corrected chi connectivity index (χ3v) is 4.00. The van der Waals surface area contributed by atoms with Crippen LogP contribution >= 0.6 is 0 Å². The third kappa shape index (κ3) is 2.96. The minimum atomic E-state index is -0.225. The number of carbonyl (C=O) groups is 1. The summed E-state index contributed by atoms with van der Waals surface area (Å²) in [4.78, 5) is 30.5. The van der Waals surface area contributed by atoms with Gasteiger partial charge < -0.3 is 4.90 Å². The highest BCUT2D eigenvalue weighted by Crippen LogP contribution is 2.12. The average Bonchev–Trinajstić information content (AvgIpc) is 2.79. The SMILES string of the molecule is O=C(Cn1c(=O)cnc2ccccc21)N1CCCCCC1. The number of para-hydroxylation sites is 2. The van der Waals surface area contributed by atoms with Crippen LogP contribution in [0.25, 0.3) is 11.0 Å². The Hall–Kier alpha value is -2.17. The van der Waals surface area contributed by atoms with E-state index in [-0.39, 0.29) is 18.0 Å². The van der Waals surface area contributed by atoms with Crippen molar-refractivity contribution in [3.63, 3.8) is 0 Å². The number of likely N-dealkylation sites (tertiary alicyclic amines) is 1. The van der Waals surface area contributed by atoms with Gasteiger partial charge in [-0.2, -0.15) is 0 Å². The fraction of sp³-hybridized carbons (Fsp3) is 0.438. The van der Waals surface area contributed by atoms with Crippen LogP contribution in [0.2, 0.25) is 0 Å². The van der Waals surface area contributed by atoms with E-state index in [0.717, 1.165) is 31.4 Å². The molecule has 0 radical (unpaired) electrons. The molecule has 0 aliphatic carbocycles. The molecule has 1 aromatic heterocycles. The molecule has 5 heteroatoms. The third-order valence-electron chi connectivity index (χ3n) is 4.00. The molecule has 0 bridgehead atoms. The molecule has 21 heavy (non-hydrogen) atoms. The number of rotatable bonds is 2. The van der Waals surface area contributed by atoms with Crippen molar-refractivity contribution >= 4 is 16.9 Å².